The van der Waals surface area contributed by atoms with Gasteiger partial charge < -0.3 is 10.2 Å². The lowest BCUT2D eigenvalue weighted by Crippen LogP contribution is -2.31. The van der Waals surface area contributed by atoms with Crippen LogP contribution in [0, 0.1) is 6.92 Å². The first-order valence-corrected chi connectivity index (χ1v) is 7.57. The summed E-state index contributed by atoms with van der Waals surface area (Å²) in [5, 5.41) is 3.80. The van der Waals surface area contributed by atoms with Crippen molar-refractivity contribution in [2.75, 3.05) is 18.4 Å². The molecule has 0 aliphatic rings. The molecular weight excluding hydrogens is 300 g/mol. The summed E-state index contributed by atoms with van der Waals surface area (Å²) in [4.78, 5) is 22.3. The average Bonchev–Trinajstić information content (AvgIpc) is 2.53. The van der Waals surface area contributed by atoms with Crippen molar-refractivity contribution < 1.29 is 4.79 Å². The van der Waals surface area contributed by atoms with Gasteiger partial charge in [0.1, 0.15) is 11.5 Å². The van der Waals surface area contributed by atoms with Gasteiger partial charge >= 0.3 is 0 Å². The number of aryl methyl sites for hydroxylation is 1. The normalized spacial score (nSPS) is 10.4. The summed E-state index contributed by atoms with van der Waals surface area (Å²) in [6.07, 6.45) is 3.04. The molecule has 1 amide bonds. The van der Waals surface area contributed by atoms with Crippen molar-refractivity contribution in [3.8, 4) is 0 Å². The van der Waals surface area contributed by atoms with Crippen molar-refractivity contribution >= 4 is 29.0 Å². The number of benzene rings is 1. The molecule has 0 saturated carbocycles. The van der Waals surface area contributed by atoms with E-state index in [1.807, 2.05) is 39.0 Å². The first-order chi connectivity index (χ1) is 10.5. The number of anilines is 2. The van der Waals surface area contributed by atoms with Gasteiger partial charge in [-0.05, 0) is 38.5 Å². The smallest absolute Gasteiger partial charge is 0.274 e. The molecule has 0 saturated heterocycles. The molecule has 0 unspecified atom stereocenters. The molecule has 1 heterocycles. The van der Waals surface area contributed by atoms with Gasteiger partial charge in [-0.15, -0.1) is 0 Å². The number of amides is 1. The summed E-state index contributed by atoms with van der Waals surface area (Å²) < 4.78 is 0. The zero-order chi connectivity index (χ0) is 16.1. The minimum absolute atomic E-state index is 0.108. The third-order valence-electron chi connectivity index (χ3n) is 3.38. The summed E-state index contributed by atoms with van der Waals surface area (Å²) >= 11 is 5.99. The minimum Gasteiger partial charge on any atom is -0.339 e. The SMILES string of the molecule is CCN(CC)C(=O)c1cnc(Nc2cc(Cl)ccc2C)cn1. The van der Waals surface area contributed by atoms with Crippen LogP contribution in [0.2, 0.25) is 5.02 Å². The zero-order valence-corrected chi connectivity index (χ0v) is 13.7. The van der Waals surface area contributed by atoms with Crippen LogP contribution in [-0.4, -0.2) is 33.9 Å². The quantitative estimate of drug-likeness (QED) is 0.914. The number of hydrogen-bond donors (Lipinski definition) is 1. The predicted octanol–water partition coefficient (Wildman–Crippen LogP) is 3.66. The standard InChI is InChI=1S/C16H19ClN4O/c1-4-21(5-2)16(22)14-9-19-15(10-18-14)20-13-8-12(17)7-6-11(13)3/h6-10H,4-5H2,1-3H3,(H,19,20). The van der Waals surface area contributed by atoms with Crippen LogP contribution in [0.4, 0.5) is 11.5 Å². The van der Waals surface area contributed by atoms with Crippen molar-refractivity contribution in [1.82, 2.24) is 14.9 Å². The van der Waals surface area contributed by atoms with Gasteiger partial charge in [-0.25, -0.2) is 9.97 Å². The molecule has 0 atom stereocenters. The van der Waals surface area contributed by atoms with Crippen LogP contribution in [0.15, 0.2) is 30.6 Å². The van der Waals surface area contributed by atoms with Gasteiger partial charge in [-0.1, -0.05) is 17.7 Å². The van der Waals surface area contributed by atoms with Crippen molar-refractivity contribution in [1.29, 1.82) is 0 Å². The van der Waals surface area contributed by atoms with E-state index in [9.17, 15) is 4.79 Å². The highest BCUT2D eigenvalue weighted by atomic mass is 35.5. The second-order valence-electron chi connectivity index (χ2n) is 4.85. The van der Waals surface area contributed by atoms with Gasteiger partial charge in [0.2, 0.25) is 0 Å². The summed E-state index contributed by atoms with van der Waals surface area (Å²) in [6.45, 7) is 7.15. The summed E-state index contributed by atoms with van der Waals surface area (Å²) in [6, 6.07) is 5.59. The molecule has 2 rings (SSSR count). The average molecular weight is 319 g/mol. The van der Waals surface area contributed by atoms with E-state index in [0.29, 0.717) is 29.6 Å². The molecular formula is C16H19ClN4O. The number of halogens is 1. The molecule has 1 aromatic carbocycles. The van der Waals surface area contributed by atoms with Crippen LogP contribution in [0.5, 0.6) is 0 Å². The van der Waals surface area contributed by atoms with E-state index >= 15 is 0 Å². The minimum atomic E-state index is -0.108. The molecule has 0 aliphatic carbocycles. The number of rotatable bonds is 5. The number of aromatic nitrogens is 2. The van der Waals surface area contributed by atoms with Crippen LogP contribution in [0.25, 0.3) is 0 Å². The second kappa shape index (κ2) is 7.22. The Morgan fingerprint density at radius 1 is 1.23 bits per heavy atom. The van der Waals surface area contributed by atoms with Gasteiger partial charge in [0.25, 0.3) is 5.91 Å². The van der Waals surface area contributed by atoms with E-state index < -0.39 is 0 Å². The Balaban J connectivity index is 2.15. The van der Waals surface area contributed by atoms with E-state index in [0.717, 1.165) is 11.3 Å². The highest BCUT2D eigenvalue weighted by Gasteiger charge is 2.14. The number of carbonyl (C=O) groups is 1. The molecule has 0 bridgehead atoms. The molecule has 5 nitrogen and oxygen atoms in total. The molecule has 1 N–H and O–H groups in total. The third-order valence-corrected chi connectivity index (χ3v) is 3.62. The largest absolute Gasteiger partial charge is 0.339 e. The number of nitrogens with zero attached hydrogens (tertiary/aromatic N) is 3. The Morgan fingerprint density at radius 2 is 1.95 bits per heavy atom. The van der Waals surface area contributed by atoms with E-state index in [1.54, 1.807) is 11.1 Å². The van der Waals surface area contributed by atoms with Crippen LogP contribution in [0.3, 0.4) is 0 Å². The molecule has 2 aromatic rings. The van der Waals surface area contributed by atoms with Crippen LogP contribution in [0.1, 0.15) is 29.9 Å². The Kier molecular flexibility index (Phi) is 5.33. The van der Waals surface area contributed by atoms with E-state index in [2.05, 4.69) is 15.3 Å². The lowest BCUT2D eigenvalue weighted by molar-refractivity contribution is 0.0766. The topological polar surface area (TPSA) is 58.1 Å². The Labute approximate surface area is 135 Å². The molecule has 0 fully saturated rings. The van der Waals surface area contributed by atoms with E-state index in [-0.39, 0.29) is 5.91 Å². The molecule has 0 spiro atoms. The van der Waals surface area contributed by atoms with Gasteiger partial charge in [0.15, 0.2) is 0 Å². The molecule has 6 heteroatoms. The predicted molar refractivity (Wildman–Crippen MR) is 88.8 cm³/mol. The van der Waals surface area contributed by atoms with Crippen molar-refractivity contribution in [3.63, 3.8) is 0 Å². The van der Waals surface area contributed by atoms with Crippen LogP contribution in [-0.2, 0) is 0 Å². The highest BCUT2D eigenvalue weighted by Crippen LogP contribution is 2.22. The number of hydrogen-bond acceptors (Lipinski definition) is 4. The van der Waals surface area contributed by atoms with Gasteiger partial charge in [-0.3, -0.25) is 4.79 Å². The van der Waals surface area contributed by atoms with Gasteiger partial charge in [0.05, 0.1) is 12.4 Å². The summed E-state index contributed by atoms with van der Waals surface area (Å²) in [5.74, 6) is 0.462. The Morgan fingerprint density at radius 3 is 2.55 bits per heavy atom. The van der Waals surface area contributed by atoms with Crippen molar-refractivity contribution in [2.45, 2.75) is 20.8 Å². The van der Waals surface area contributed by atoms with Crippen LogP contribution < -0.4 is 5.32 Å². The van der Waals surface area contributed by atoms with Gasteiger partial charge in [-0.2, -0.15) is 0 Å². The lowest BCUT2D eigenvalue weighted by Gasteiger charge is -2.17. The Bertz CT molecular complexity index is 654. The fourth-order valence-corrected chi connectivity index (χ4v) is 2.21. The molecule has 0 radical (unpaired) electrons. The zero-order valence-electron chi connectivity index (χ0n) is 12.9. The molecule has 0 aliphatic heterocycles. The second-order valence-corrected chi connectivity index (χ2v) is 5.29. The van der Waals surface area contributed by atoms with Gasteiger partial charge in [0, 0.05) is 23.8 Å². The van der Waals surface area contributed by atoms with E-state index in [4.69, 9.17) is 11.6 Å². The first-order valence-electron chi connectivity index (χ1n) is 7.19. The Hall–Kier alpha value is -2.14. The van der Waals surface area contributed by atoms with Crippen molar-refractivity contribution in [2.24, 2.45) is 0 Å². The summed E-state index contributed by atoms with van der Waals surface area (Å²) in [7, 11) is 0. The first kappa shape index (κ1) is 16.2. The molecule has 1 aromatic heterocycles. The fraction of sp³-hybridized carbons (Fsp3) is 0.312. The van der Waals surface area contributed by atoms with Crippen molar-refractivity contribution in [3.05, 3.63) is 46.9 Å². The lowest BCUT2D eigenvalue weighted by atomic mass is 10.2. The molecule has 22 heavy (non-hydrogen) atoms. The number of carbonyl (C=O) groups excluding carboxylic acids is 1. The monoisotopic (exact) mass is 318 g/mol. The maximum atomic E-state index is 12.2. The van der Waals surface area contributed by atoms with Crippen LogP contribution >= 0.6 is 11.6 Å². The maximum Gasteiger partial charge on any atom is 0.274 e. The fourth-order valence-electron chi connectivity index (χ4n) is 2.04. The summed E-state index contributed by atoms with van der Waals surface area (Å²) in [5.41, 5.74) is 2.26. The van der Waals surface area contributed by atoms with E-state index in [1.165, 1.54) is 6.20 Å². The molecule has 116 valence electrons. The maximum absolute atomic E-state index is 12.2. The number of nitrogens with one attached hydrogen (secondary N) is 1. The highest BCUT2D eigenvalue weighted by molar-refractivity contribution is 6.30. The third kappa shape index (κ3) is 3.74.